The van der Waals surface area contributed by atoms with E-state index in [9.17, 15) is 0 Å². The van der Waals surface area contributed by atoms with E-state index in [1.165, 1.54) is 24.8 Å². The summed E-state index contributed by atoms with van der Waals surface area (Å²) >= 11 is -0.272. The van der Waals surface area contributed by atoms with E-state index >= 15 is 0 Å². The molecule has 118 valence electrons. The van der Waals surface area contributed by atoms with Gasteiger partial charge in [0.2, 0.25) is 0 Å². The summed E-state index contributed by atoms with van der Waals surface area (Å²) in [6.45, 7) is 13.7. The first-order chi connectivity index (χ1) is 10.2. The molecule has 0 radical (unpaired) electrons. The van der Waals surface area contributed by atoms with Crippen LogP contribution in [0.25, 0.3) is 0 Å². The maximum atomic E-state index is 2.34. The van der Waals surface area contributed by atoms with E-state index < -0.39 is 0 Å². The van der Waals surface area contributed by atoms with Gasteiger partial charge in [-0.2, -0.15) is 0 Å². The van der Waals surface area contributed by atoms with Crippen LogP contribution in [0, 0.1) is 0 Å². The quantitative estimate of drug-likeness (QED) is 0.662. The molecule has 0 nitrogen and oxygen atoms in total. The standard InChI is InChI=1S/C21H28Te/c1-7-21(5,6)17-10-14-19(15-11-17)22-18-12-8-16(9-13-18)20(2,3)4/h8-15H,7H2,1-6H3. The Hall–Kier alpha value is -0.770. The van der Waals surface area contributed by atoms with Crippen LogP contribution in [-0.4, -0.2) is 20.9 Å². The predicted octanol–water partition coefficient (Wildman–Crippen LogP) is 4.33. The van der Waals surface area contributed by atoms with Crippen molar-refractivity contribution in [2.24, 2.45) is 0 Å². The number of hydrogen-bond acceptors (Lipinski definition) is 0. The monoisotopic (exact) mass is 410 g/mol. The molecule has 22 heavy (non-hydrogen) atoms. The average Bonchev–Trinajstić information content (AvgIpc) is 2.47. The third-order valence-electron chi connectivity index (χ3n) is 4.48. The molecule has 0 saturated carbocycles. The zero-order chi connectivity index (χ0) is 16.4. The van der Waals surface area contributed by atoms with Crippen molar-refractivity contribution >= 4 is 28.1 Å². The minimum absolute atomic E-state index is 0.243. The first-order valence-electron chi connectivity index (χ1n) is 8.11. The van der Waals surface area contributed by atoms with Crippen LogP contribution in [0.3, 0.4) is 0 Å². The van der Waals surface area contributed by atoms with Crippen molar-refractivity contribution < 1.29 is 0 Å². The summed E-state index contributed by atoms with van der Waals surface area (Å²) in [5.41, 5.74) is 3.40. The molecular formula is C21H28Te. The van der Waals surface area contributed by atoms with Gasteiger partial charge in [0.05, 0.1) is 0 Å². The summed E-state index contributed by atoms with van der Waals surface area (Å²) < 4.78 is 3.03. The zero-order valence-corrected chi connectivity index (χ0v) is 17.1. The molecular weight excluding hydrogens is 380 g/mol. The molecule has 0 N–H and O–H groups in total. The van der Waals surface area contributed by atoms with Gasteiger partial charge in [-0.3, -0.25) is 0 Å². The molecule has 1 heteroatoms. The number of benzene rings is 2. The summed E-state index contributed by atoms with van der Waals surface area (Å²) in [5, 5.41) is 0. The molecule has 0 aliphatic heterocycles. The van der Waals surface area contributed by atoms with E-state index in [0.29, 0.717) is 0 Å². The first kappa shape index (κ1) is 17.6. The molecule has 0 aliphatic rings. The Morgan fingerprint density at radius 3 is 1.45 bits per heavy atom. The SMILES string of the molecule is CCC(C)(C)c1ccc([Te]c2ccc(C(C)(C)C)cc2)cc1. The van der Waals surface area contributed by atoms with Crippen molar-refractivity contribution in [2.45, 2.75) is 58.8 Å². The molecule has 0 atom stereocenters. The van der Waals surface area contributed by atoms with Gasteiger partial charge in [-0.15, -0.1) is 0 Å². The molecule has 0 fully saturated rings. The van der Waals surface area contributed by atoms with Gasteiger partial charge < -0.3 is 0 Å². The van der Waals surface area contributed by atoms with Gasteiger partial charge in [-0.1, -0.05) is 0 Å². The molecule has 2 aromatic carbocycles. The van der Waals surface area contributed by atoms with Gasteiger partial charge in [0, 0.05) is 0 Å². The van der Waals surface area contributed by atoms with Crippen LogP contribution in [0.2, 0.25) is 0 Å². The molecule has 0 saturated heterocycles. The first-order valence-corrected chi connectivity index (χ1v) is 10.4. The van der Waals surface area contributed by atoms with Gasteiger partial charge in [0.1, 0.15) is 0 Å². The van der Waals surface area contributed by atoms with Crippen LogP contribution in [0.4, 0.5) is 0 Å². The molecule has 0 aliphatic carbocycles. The Morgan fingerprint density at radius 1 is 0.682 bits per heavy atom. The maximum absolute atomic E-state index is 2.34. The third-order valence-corrected chi connectivity index (χ3v) is 7.37. The summed E-state index contributed by atoms with van der Waals surface area (Å²) in [4.78, 5) is 0. The second kappa shape index (κ2) is 6.77. The van der Waals surface area contributed by atoms with Gasteiger partial charge in [-0.05, 0) is 0 Å². The molecule has 2 aromatic rings. The minimum atomic E-state index is -0.272. The molecule has 0 spiro atoms. The van der Waals surface area contributed by atoms with E-state index in [0.717, 1.165) is 0 Å². The zero-order valence-electron chi connectivity index (χ0n) is 14.7. The normalized spacial score (nSPS) is 12.5. The van der Waals surface area contributed by atoms with E-state index in [-0.39, 0.29) is 31.8 Å². The fourth-order valence-corrected chi connectivity index (χ4v) is 4.67. The van der Waals surface area contributed by atoms with Crippen molar-refractivity contribution in [1.29, 1.82) is 0 Å². The Morgan fingerprint density at radius 2 is 1.09 bits per heavy atom. The second-order valence-corrected chi connectivity index (χ2v) is 10.9. The predicted molar refractivity (Wildman–Crippen MR) is 99.9 cm³/mol. The molecule has 0 aromatic heterocycles. The Balaban J connectivity index is 2.11. The van der Waals surface area contributed by atoms with Gasteiger partial charge in [-0.25, -0.2) is 0 Å². The van der Waals surface area contributed by atoms with Crippen LogP contribution < -0.4 is 7.22 Å². The van der Waals surface area contributed by atoms with E-state index in [4.69, 9.17) is 0 Å². The van der Waals surface area contributed by atoms with Crippen molar-refractivity contribution in [2.75, 3.05) is 0 Å². The van der Waals surface area contributed by atoms with Gasteiger partial charge in [0.25, 0.3) is 0 Å². The van der Waals surface area contributed by atoms with Gasteiger partial charge in [0.15, 0.2) is 0 Å². The van der Waals surface area contributed by atoms with E-state index in [1.807, 2.05) is 0 Å². The number of rotatable bonds is 4. The Labute approximate surface area is 146 Å². The van der Waals surface area contributed by atoms with E-state index in [2.05, 4.69) is 90.1 Å². The van der Waals surface area contributed by atoms with Crippen molar-refractivity contribution in [3.63, 3.8) is 0 Å². The summed E-state index contributed by atoms with van der Waals surface area (Å²) in [7, 11) is 0. The second-order valence-electron chi connectivity index (χ2n) is 7.64. The molecule has 0 amide bonds. The van der Waals surface area contributed by atoms with Crippen molar-refractivity contribution in [1.82, 2.24) is 0 Å². The molecule has 0 heterocycles. The van der Waals surface area contributed by atoms with Crippen LogP contribution in [0.5, 0.6) is 0 Å². The van der Waals surface area contributed by atoms with E-state index in [1.54, 1.807) is 0 Å². The average molecular weight is 408 g/mol. The van der Waals surface area contributed by atoms with Crippen molar-refractivity contribution in [3.8, 4) is 0 Å². The van der Waals surface area contributed by atoms with Crippen LogP contribution in [0.15, 0.2) is 48.5 Å². The van der Waals surface area contributed by atoms with Crippen LogP contribution in [-0.2, 0) is 10.8 Å². The summed E-state index contributed by atoms with van der Waals surface area (Å²) in [5.74, 6) is 0. The molecule has 2 rings (SSSR count). The molecule has 0 bridgehead atoms. The van der Waals surface area contributed by atoms with Gasteiger partial charge >= 0.3 is 147 Å². The fraction of sp³-hybridized carbons (Fsp3) is 0.429. The van der Waals surface area contributed by atoms with Crippen molar-refractivity contribution in [3.05, 3.63) is 59.7 Å². The summed E-state index contributed by atoms with van der Waals surface area (Å²) in [6.07, 6.45) is 1.18. The topological polar surface area (TPSA) is 0 Å². The fourth-order valence-electron chi connectivity index (χ4n) is 2.34. The van der Waals surface area contributed by atoms with Crippen LogP contribution >= 0.6 is 0 Å². The summed E-state index contributed by atoms with van der Waals surface area (Å²) in [6, 6.07) is 18.6. The Bertz CT molecular complexity index is 598. The Kier molecular flexibility index (Phi) is 5.41. The number of hydrogen-bond donors (Lipinski definition) is 0. The molecule has 0 unspecified atom stereocenters. The third kappa shape index (κ3) is 4.37. The van der Waals surface area contributed by atoms with Crippen LogP contribution in [0.1, 0.15) is 59.1 Å².